The number of carboxylic acids is 1. The molecule has 0 bridgehead atoms. The number of carbonyl (C=O) groups is 1. The molecule has 2 heterocycles. The van der Waals surface area contributed by atoms with E-state index < -0.39 is 5.97 Å². The number of hydrogen-bond acceptors (Lipinski definition) is 3. The van der Waals surface area contributed by atoms with Crippen molar-refractivity contribution in [2.45, 2.75) is 27.3 Å². The zero-order chi connectivity index (χ0) is 16.6. The summed E-state index contributed by atoms with van der Waals surface area (Å²) in [4.78, 5) is 15.8. The first-order valence-corrected chi connectivity index (χ1v) is 7.39. The summed E-state index contributed by atoms with van der Waals surface area (Å²) in [6, 6.07) is 11.4. The molecule has 2 aromatic heterocycles. The summed E-state index contributed by atoms with van der Waals surface area (Å²) < 4.78 is 7.71. The second-order valence-electron chi connectivity index (χ2n) is 5.56. The quantitative estimate of drug-likeness (QED) is 0.795. The fourth-order valence-electron chi connectivity index (χ4n) is 2.69. The normalized spacial score (nSPS) is 10.9. The highest BCUT2D eigenvalue weighted by atomic mass is 16.4. The molecule has 0 atom stereocenters. The zero-order valence-electron chi connectivity index (χ0n) is 13.3. The maximum Gasteiger partial charge on any atom is 0.337 e. The molecule has 0 amide bonds. The lowest BCUT2D eigenvalue weighted by Crippen LogP contribution is -2.07. The number of carboxylic acid groups (broad SMARTS) is 1. The Morgan fingerprint density at radius 3 is 2.52 bits per heavy atom. The predicted molar refractivity (Wildman–Crippen MR) is 86.6 cm³/mol. The fourth-order valence-corrected chi connectivity index (χ4v) is 2.69. The van der Waals surface area contributed by atoms with Crippen LogP contribution in [0.25, 0.3) is 11.5 Å². The van der Waals surface area contributed by atoms with Gasteiger partial charge in [-0.1, -0.05) is 18.2 Å². The van der Waals surface area contributed by atoms with Crippen molar-refractivity contribution in [1.29, 1.82) is 0 Å². The fraction of sp³-hybridized carbons (Fsp3) is 0.222. The molecule has 0 radical (unpaired) electrons. The van der Waals surface area contributed by atoms with Gasteiger partial charge in [0.1, 0.15) is 11.5 Å². The summed E-state index contributed by atoms with van der Waals surface area (Å²) in [7, 11) is 0. The van der Waals surface area contributed by atoms with Gasteiger partial charge in [-0.2, -0.15) is 0 Å². The largest absolute Gasteiger partial charge is 0.478 e. The molecule has 3 aromatic rings. The Balaban J connectivity index is 1.96. The molecule has 0 spiro atoms. The minimum absolute atomic E-state index is 0.326. The second kappa shape index (κ2) is 5.76. The summed E-state index contributed by atoms with van der Waals surface area (Å²) in [6.07, 6.45) is 0. The van der Waals surface area contributed by atoms with Crippen molar-refractivity contribution in [3.63, 3.8) is 0 Å². The van der Waals surface area contributed by atoms with Crippen molar-refractivity contribution in [2.75, 3.05) is 0 Å². The van der Waals surface area contributed by atoms with E-state index in [0.717, 1.165) is 28.4 Å². The summed E-state index contributed by atoms with van der Waals surface area (Å²) in [5.41, 5.74) is 3.67. The SMILES string of the molecule is Cc1oc(-c2ccccc2)nc1Cn1c(C)cc(C(=O)O)c1C. The van der Waals surface area contributed by atoms with Crippen LogP contribution >= 0.6 is 0 Å². The molecule has 5 heteroatoms. The predicted octanol–water partition coefficient (Wildman–Crippen LogP) is 3.81. The Morgan fingerprint density at radius 2 is 1.91 bits per heavy atom. The third-order valence-electron chi connectivity index (χ3n) is 4.03. The van der Waals surface area contributed by atoms with Crippen LogP contribution in [0.1, 0.15) is 33.2 Å². The Labute approximate surface area is 134 Å². The molecule has 0 aliphatic carbocycles. The van der Waals surface area contributed by atoms with Crippen molar-refractivity contribution in [3.8, 4) is 11.5 Å². The van der Waals surface area contributed by atoms with Gasteiger partial charge in [-0.25, -0.2) is 9.78 Å². The lowest BCUT2D eigenvalue weighted by Gasteiger charge is -2.07. The van der Waals surface area contributed by atoms with Gasteiger partial charge in [-0.3, -0.25) is 0 Å². The third-order valence-corrected chi connectivity index (χ3v) is 4.03. The lowest BCUT2D eigenvalue weighted by atomic mass is 10.2. The number of oxazole rings is 1. The highest BCUT2D eigenvalue weighted by Gasteiger charge is 2.17. The molecule has 118 valence electrons. The van der Waals surface area contributed by atoms with Gasteiger partial charge < -0.3 is 14.1 Å². The first-order chi connectivity index (χ1) is 11.0. The second-order valence-corrected chi connectivity index (χ2v) is 5.56. The Hall–Kier alpha value is -2.82. The highest BCUT2D eigenvalue weighted by molar-refractivity contribution is 5.89. The van der Waals surface area contributed by atoms with Crippen LogP contribution in [0.5, 0.6) is 0 Å². The first kappa shape index (κ1) is 15.1. The maximum atomic E-state index is 11.2. The van der Waals surface area contributed by atoms with Crippen LogP contribution in [0.15, 0.2) is 40.8 Å². The Bertz CT molecular complexity index is 860. The number of nitrogens with zero attached hydrogens (tertiary/aromatic N) is 2. The van der Waals surface area contributed by atoms with Crippen molar-refractivity contribution >= 4 is 5.97 Å². The van der Waals surface area contributed by atoms with Gasteiger partial charge >= 0.3 is 5.97 Å². The van der Waals surface area contributed by atoms with E-state index in [9.17, 15) is 9.90 Å². The average Bonchev–Trinajstić information content (AvgIpc) is 3.03. The van der Waals surface area contributed by atoms with E-state index in [1.165, 1.54) is 0 Å². The van der Waals surface area contributed by atoms with Crippen LogP contribution in [0.3, 0.4) is 0 Å². The lowest BCUT2D eigenvalue weighted by molar-refractivity contribution is 0.0696. The van der Waals surface area contributed by atoms with Gasteiger partial charge in [0, 0.05) is 17.0 Å². The van der Waals surface area contributed by atoms with Crippen molar-refractivity contribution in [3.05, 3.63) is 64.8 Å². The van der Waals surface area contributed by atoms with Crippen molar-refractivity contribution in [1.82, 2.24) is 9.55 Å². The number of aryl methyl sites for hydroxylation is 2. The molecule has 0 saturated heterocycles. The number of aromatic nitrogens is 2. The van der Waals surface area contributed by atoms with Gasteiger partial charge in [0.2, 0.25) is 5.89 Å². The summed E-state index contributed by atoms with van der Waals surface area (Å²) in [6.45, 7) is 6.07. The Morgan fingerprint density at radius 1 is 1.22 bits per heavy atom. The van der Waals surface area contributed by atoms with Gasteiger partial charge in [-0.05, 0) is 39.0 Å². The summed E-state index contributed by atoms with van der Waals surface area (Å²) >= 11 is 0. The number of aromatic carboxylic acids is 1. The molecule has 0 aliphatic rings. The van der Waals surface area contributed by atoms with Crippen LogP contribution in [-0.4, -0.2) is 20.6 Å². The maximum absolute atomic E-state index is 11.2. The molecule has 5 nitrogen and oxygen atoms in total. The van der Waals surface area contributed by atoms with E-state index in [4.69, 9.17) is 4.42 Å². The summed E-state index contributed by atoms with van der Waals surface area (Å²) in [5, 5.41) is 9.23. The standard InChI is InChI=1S/C18H18N2O3/c1-11-9-15(18(21)22)12(2)20(11)10-16-13(3)23-17(19-16)14-7-5-4-6-8-14/h4-9H,10H2,1-3H3,(H,21,22). The topological polar surface area (TPSA) is 68.3 Å². The van der Waals surface area contributed by atoms with Crippen LogP contribution < -0.4 is 0 Å². The van der Waals surface area contributed by atoms with Crippen molar-refractivity contribution < 1.29 is 14.3 Å². The molecular weight excluding hydrogens is 292 g/mol. The molecule has 23 heavy (non-hydrogen) atoms. The van der Waals surface area contributed by atoms with Gasteiger partial charge in [0.15, 0.2) is 0 Å². The number of benzene rings is 1. The molecule has 1 aromatic carbocycles. The number of rotatable bonds is 4. The van der Waals surface area contributed by atoms with Crippen molar-refractivity contribution in [2.24, 2.45) is 0 Å². The van der Waals surface area contributed by atoms with E-state index in [2.05, 4.69) is 4.98 Å². The van der Waals surface area contributed by atoms with Gasteiger partial charge in [0.25, 0.3) is 0 Å². The van der Waals surface area contributed by atoms with E-state index in [0.29, 0.717) is 18.0 Å². The molecule has 0 unspecified atom stereocenters. The minimum atomic E-state index is -0.911. The number of hydrogen-bond donors (Lipinski definition) is 1. The monoisotopic (exact) mass is 310 g/mol. The van der Waals surface area contributed by atoms with Crippen LogP contribution in [0.4, 0.5) is 0 Å². The van der Waals surface area contributed by atoms with E-state index >= 15 is 0 Å². The zero-order valence-corrected chi connectivity index (χ0v) is 13.3. The molecular formula is C18H18N2O3. The van der Waals surface area contributed by atoms with E-state index in [1.54, 1.807) is 6.07 Å². The molecule has 0 aliphatic heterocycles. The third kappa shape index (κ3) is 2.77. The molecule has 0 fully saturated rings. The minimum Gasteiger partial charge on any atom is -0.478 e. The van der Waals surface area contributed by atoms with Crippen LogP contribution in [0.2, 0.25) is 0 Å². The average molecular weight is 310 g/mol. The molecule has 1 N–H and O–H groups in total. The van der Waals surface area contributed by atoms with Gasteiger partial charge in [-0.15, -0.1) is 0 Å². The van der Waals surface area contributed by atoms with Crippen LogP contribution in [0, 0.1) is 20.8 Å². The molecule has 0 saturated carbocycles. The first-order valence-electron chi connectivity index (χ1n) is 7.39. The summed E-state index contributed by atoms with van der Waals surface area (Å²) in [5.74, 6) is 0.415. The van der Waals surface area contributed by atoms with E-state index in [-0.39, 0.29) is 0 Å². The molecule has 3 rings (SSSR count). The highest BCUT2D eigenvalue weighted by Crippen LogP contribution is 2.23. The Kier molecular flexibility index (Phi) is 3.78. The smallest absolute Gasteiger partial charge is 0.337 e. The van der Waals surface area contributed by atoms with Gasteiger partial charge in [0.05, 0.1) is 12.1 Å². The van der Waals surface area contributed by atoms with Crippen LogP contribution in [-0.2, 0) is 6.54 Å². The van der Waals surface area contributed by atoms with E-state index in [1.807, 2.05) is 55.7 Å².